The number of ether oxygens (including phenoxy) is 3. The molecule has 9 nitrogen and oxygen atoms in total. The summed E-state index contributed by atoms with van der Waals surface area (Å²) in [6.07, 6.45) is 3.86. The summed E-state index contributed by atoms with van der Waals surface area (Å²) in [7, 11) is 4.43. The highest BCUT2D eigenvalue weighted by molar-refractivity contribution is 7.20. The Morgan fingerprint density at radius 2 is 1.89 bits per heavy atom. The minimum atomic E-state index is -0.435. The number of halogens is 1. The maximum atomic E-state index is 14.1. The lowest BCUT2D eigenvalue weighted by atomic mass is 9.92. The lowest BCUT2D eigenvalue weighted by Crippen LogP contribution is -2.41. The third-order valence-corrected chi connectivity index (χ3v) is 7.42. The maximum Gasteiger partial charge on any atom is 0.409 e. The van der Waals surface area contributed by atoms with Gasteiger partial charge in [0.2, 0.25) is 0 Å². The van der Waals surface area contributed by atoms with Gasteiger partial charge in [0, 0.05) is 19.2 Å². The standard InChI is InChI=1S/C24H27FN4O5S/c1-13-19-21(26-12-27-22(19)35-20(13)23(30)32-3)28-17-10-5-14(25)11-18(17)34-16-8-6-15(7-9-16)29(2)24(31)33-4/h5,10-12,15-16H,6-9H2,1-4H3,(H,26,27,28). The quantitative estimate of drug-likeness (QED) is 0.467. The van der Waals surface area contributed by atoms with Gasteiger partial charge in [0.1, 0.15) is 33.4 Å². The maximum absolute atomic E-state index is 14.1. The van der Waals surface area contributed by atoms with Crippen LogP contribution in [-0.2, 0) is 9.47 Å². The molecule has 0 aliphatic heterocycles. The van der Waals surface area contributed by atoms with E-state index in [0.717, 1.165) is 12.8 Å². The van der Waals surface area contributed by atoms with Crippen LogP contribution in [0, 0.1) is 12.7 Å². The van der Waals surface area contributed by atoms with Crippen molar-refractivity contribution in [2.24, 2.45) is 0 Å². The number of aryl methyl sites for hydroxylation is 1. The van der Waals surface area contributed by atoms with Gasteiger partial charge in [-0.2, -0.15) is 0 Å². The number of benzene rings is 1. The molecule has 0 atom stereocenters. The van der Waals surface area contributed by atoms with Crippen molar-refractivity contribution < 1.29 is 28.2 Å². The largest absolute Gasteiger partial charge is 0.488 e. The minimum Gasteiger partial charge on any atom is -0.488 e. The summed E-state index contributed by atoms with van der Waals surface area (Å²) in [5.74, 6) is -0.00531. The van der Waals surface area contributed by atoms with Crippen LogP contribution < -0.4 is 10.1 Å². The fourth-order valence-corrected chi connectivity index (χ4v) is 5.37. The van der Waals surface area contributed by atoms with Crippen LogP contribution in [0.2, 0.25) is 0 Å². The molecule has 0 spiro atoms. The van der Waals surface area contributed by atoms with Crippen LogP contribution in [0.5, 0.6) is 5.75 Å². The molecular formula is C24H27FN4O5S. The van der Waals surface area contributed by atoms with Crippen molar-refractivity contribution >= 4 is 45.1 Å². The van der Waals surface area contributed by atoms with Crippen LogP contribution in [0.25, 0.3) is 10.2 Å². The molecule has 11 heteroatoms. The lowest BCUT2D eigenvalue weighted by molar-refractivity contribution is 0.0605. The topological polar surface area (TPSA) is 103 Å². The molecule has 186 valence electrons. The van der Waals surface area contributed by atoms with Crippen LogP contribution in [0.3, 0.4) is 0 Å². The molecule has 1 aliphatic rings. The number of anilines is 2. The highest BCUT2D eigenvalue weighted by Crippen LogP contribution is 2.37. The van der Waals surface area contributed by atoms with Crippen molar-refractivity contribution in [1.29, 1.82) is 0 Å². The van der Waals surface area contributed by atoms with E-state index in [-0.39, 0.29) is 18.2 Å². The number of carbonyl (C=O) groups excluding carboxylic acids is 2. The Hall–Kier alpha value is -3.47. The predicted octanol–water partition coefficient (Wildman–Crippen LogP) is 5.06. The molecule has 2 heterocycles. The molecule has 1 fully saturated rings. The summed E-state index contributed by atoms with van der Waals surface area (Å²) in [6, 6.07) is 4.36. The Morgan fingerprint density at radius 3 is 2.57 bits per heavy atom. The van der Waals surface area contributed by atoms with Crippen LogP contribution in [-0.4, -0.2) is 60.3 Å². The molecule has 0 bridgehead atoms. The molecule has 0 unspecified atom stereocenters. The first-order valence-electron chi connectivity index (χ1n) is 11.2. The summed E-state index contributed by atoms with van der Waals surface area (Å²) < 4.78 is 30.0. The number of fused-ring (bicyclic) bond motifs is 1. The highest BCUT2D eigenvalue weighted by atomic mass is 32.1. The molecule has 1 amide bonds. The number of thiophene rings is 1. The third kappa shape index (κ3) is 5.14. The van der Waals surface area contributed by atoms with Crippen molar-refractivity contribution in [3.63, 3.8) is 0 Å². The van der Waals surface area contributed by atoms with E-state index >= 15 is 0 Å². The fourth-order valence-electron chi connectivity index (χ4n) is 4.30. The van der Waals surface area contributed by atoms with Crippen LogP contribution in [0.4, 0.5) is 20.7 Å². The smallest absolute Gasteiger partial charge is 0.409 e. The molecular weight excluding hydrogens is 475 g/mol. The minimum absolute atomic E-state index is 0.0762. The number of nitrogens with zero attached hydrogens (tertiary/aromatic N) is 3. The van der Waals surface area contributed by atoms with Crippen LogP contribution in [0.1, 0.15) is 40.9 Å². The molecule has 1 aliphatic carbocycles. The first-order chi connectivity index (χ1) is 16.8. The van der Waals surface area contributed by atoms with Gasteiger partial charge >= 0.3 is 12.1 Å². The van der Waals surface area contributed by atoms with Gasteiger partial charge in [0.05, 0.1) is 31.4 Å². The van der Waals surface area contributed by atoms with Gasteiger partial charge < -0.3 is 24.4 Å². The number of methoxy groups -OCH3 is 2. The molecule has 2 aromatic heterocycles. The number of aromatic nitrogens is 2. The Kier molecular flexibility index (Phi) is 7.34. The van der Waals surface area contributed by atoms with E-state index in [1.54, 1.807) is 18.0 Å². The molecule has 3 aromatic rings. The predicted molar refractivity (Wildman–Crippen MR) is 130 cm³/mol. The summed E-state index contributed by atoms with van der Waals surface area (Å²) in [5.41, 5.74) is 1.25. The Labute approximate surface area is 206 Å². The number of nitrogens with one attached hydrogen (secondary N) is 1. The second kappa shape index (κ2) is 10.4. The molecule has 35 heavy (non-hydrogen) atoms. The zero-order valence-corrected chi connectivity index (χ0v) is 20.8. The van der Waals surface area contributed by atoms with Gasteiger partial charge in [-0.25, -0.2) is 23.9 Å². The van der Waals surface area contributed by atoms with Crippen molar-refractivity contribution in [3.05, 3.63) is 40.8 Å². The first kappa shape index (κ1) is 24.6. The second-order valence-corrected chi connectivity index (χ2v) is 9.34. The summed E-state index contributed by atoms with van der Waals surface area (Å²) in [6.45, 7) is 1.81. The zero-order chi connectivity index (χ0) is 25.1. The van der Waals surface area contributed by atoms with Gasteiger partial charge in [0.25, 0.3) is 0 Å². The number of hydrogen-bond acceptors (Lipinski definition) is 9. The monoisotopic (exact) mass is 502 g/mol. The summed E-state index contributed by atoms with van der Waals surface area (Å²) in [5, 5.41) is 3.93. The molecule has 1 N–H and O–H groups in total. The molecule has 0 saturated heterocycles. The lowest BCUT2D eigenvalue weighted by Gasteiger charge is -2.34. The molecule has 0 radical (unpaired) electrons. The van der Waals surface area contributed by atoms with Crippen molar-refractivity contribution in [3.8, 4) is 5.75 Å². The van der Waals surface area contributed by atoms with E-state index in [1.165, 1.54) is 44.0 Å². The number of rotatable bonds is 6. The van der Waals surface area contributed by atoms with Gasteiger partial charge in [-0.3, -0.25) is 0 Å². The van der Waals surface area contributed by atoms with Crippen molar-refractivity contribution in [2.75, 3.05) is 26.6 Å². The number of amides is 1. The van der Waals surface area contributed by atoms with E-state index in [2.05, 4.69) is 15.3 Å². The average molecular weight is 503 g/mol. The van der Waals surface area contributed by atoms with Gasteiger partial charge in [0.15, 0.2) is 0 Å². The van der Waals surface area contributed by atoms with E-state index in [9.17, 15) is 14.0 Å². The first-order valence-corrected chi connectivity index (χ1v) is 12.0. The normalized spacial score (nSPS) is 17.6. The fraction of sp³-hybridized carbons (Fsp3) is 0.417. The van der Waals surface area contributed by atoms with Gasteiger partial charge in [-0.15, -0.1) is 11.3 Å². The van der Waals surface area contributed by atoms with E-state index in [0.29, 0.717) is 50.8 Å². The van der Waals surface area contributed by atoms with Crippen LogP contribution >= 0.6 is 11.3 Å². The Balaban J connectivity index is 1.55. The molecule has 1 aromatic carbocycles. The summed E-state index contributed by atoms with van der Waals surface area (Å²) in [4.78, 5) is 35.3. The van der Waals surface area contributed by atoms with E-state index in [4.69, 9.17) is 14.2 Å². The van der Waals surface area contributed by atoms with Crippen molar-refractivity contribution in [2.45, 2.75) is 44.8 Å². The highest BCUT2D eigenvalue weighted by Gasteiger charge is 2.28. The van der Waals surface area contributed by atoms with Gasteiger partial charge in [-0.05, 0) is 50.3 Å². The van der Waals surface area contributed by atoms with E-state index in [1.807, 2.05) is 6.92 Å². The SMILES string of the molecule is COC(=O)c1sc2ncnc(Nc3ccc(F)cc3OC3CCC(N(C)C(=O)OC)CC3)c2c1C. The van der Waals surface area contributed by atoms with Crippen molar-refractivity contribution in [1.82, 2.24) is 14.9 Å². The summed E-state index contributed by atoms with van der Waals surface area (Å²) >= 11 is 1.23. The number of carbonyl (C=O) groups is 2. The van der Waals surface area contributed by atoms with Crippen LogP contribution in [0.15, 0.2) is 24.5 Å². The second-order valence-electron chi connectivity index (χ2n) is 8.34. The van der Waals surface area contributed by atoms with Gasteiger partial charge in [-0.1, -0.05) is 0 Å². The number of hydrogen-bond donors (Lipinski definition) is 1. The molecule has 1 saturated carbocycles. The Morgan fingerprint density at radius 1 is 1.14 bits per heavy atom. The van der Waals surface area contributed by atoms with E-state index < -0.39 is 11.8 Å². The Bertz CT molecular complexity index is 1240. The average Bonchev–Trinajstić information content (AvgIpc) is 3.22. The zero-order valence-electron chi connectivity index (χ0n) is 20.0. The third-order valence-electron chi connectivity index (χ3n) is 6.24. The molecule has 4 rings (SSSR count). The number of esters is 1.